The lowest BCUT2D eigenvalue weighted by Crippen LogP contribution is -2.31. The van der Waals surface area contributed by atoms with Crippen molar-refractivity contribution in [3.8, 4) is 11.5 Å². The van der Waals surface area contributed by atoms with E-state index in [4.69, 9.17) is 15.2 Å². The predicted octanol–water partition coefficient (Wildman–Crippen LogP) is 3.42. The second-order valence-electron chi connectivity index (χ2n) is 7.08. The van der Waals surface area contributed by atoms with E-state index in [9.17, 15) is 4.79 Å². The fourth-order valence-electron chi connectivity index (χ4n) is 4.12. The molecule has 6 heteroatoms. The first kappa shape index (κ1) is 17.3. The number of hydrogen-bond acceptors (Lipinski definition) is 5. The minimum atomic E-state index is -0.436. The van der Waals surface area contributed by atoms with Gasteiger partial charge in [-0.15, -0.1) is 0 Å². The Morgan fingerprint density at radius 1 is 1.07 bits per heavy atom. The molecule has 0 radical (unpaired) electrons. The van der Waals surface area contributed by atoms with Crippen LogP contribution in [0.3, 0.4) is 0 Å². The number of ether oxygens (including phenoxy) is 2. The van der Waals surface area contributed by atoms with Crippen LogP contribution in [0, 0.1) is 0 Å². The SMILES string of the molecule is Nc1nn(C=CC=O)c2c1C=CC(c1ccccc1)(c1ccc3c(c1)OCO3)C2. The summed E-state index contributed by atoms with van der Waals surface area (Å²) >= 11 is 0. The molecule has 1 unspecified atom stereocenters. The fourth-order valence-corrected chi connectivity index (χ4v) is 4.12. The van der Waals surface area contributed by atoms with Gasteiger partial charge in [0, 0.05) is 23.6 Å². The van der Waals surface area contributed by atoms with Crippen LogP contribution in [0.2, 0.25) is 0 Å². The molecule has 0 saturated carbocycles. The molecule has 2 N–H and O–H groups in total. The Balaban J connectivity index is 1.70. The van der Waals surface area contributed by atoms with E-state index in [0.717, 1.165) is 40.2 Å². The summed E-state index contributed by atoms with van der Waals surface area (Å²) in [5.41, 5.74) is 9.76. The smallest absolute Gasteiger partial charge is 0.231 e. The number of anilines is 1. The summed E-state index contributed by atoms with van der Waals surface area (Å²) in [5.74, 6) is 1.94. The molecular formula is C23H19N3O3. The summed E-state index contributed by atoms with van der Waals surface area (Å²) in [4.78, 5) is 10.8. The standard InChI is InChI=1S/C23H19N3O3/c24-22-18-9-10-23(16-5-2-1-3-6-16,14-19(18)26(25-22)11-4-12-27)17-7-8-20-21(13-17)29-15-28-20/h1-13H,14-15H2,(H2,24,25). The van der Waals surface area contributed by atoms with Crippen LogP contribution >= 0.6 is 0 Å². The van der Waals surface area contributed by atoms with E-state index in [2.05, 4.69) is 29.4 Å². The van der Waals surface area contributed by atoms with Crippen molar-refractivity contribution in [2.45, 2.75) is 11.8 Å². The minimum Gasteiger partial charge on any atom is -0.454 e. The average Bonchev–Trinajstić information content (AvgIpc) is 3.36. The van der Waals surface area contributed by atoms with Gasteiger partial charge in [-0.2, -0.15) is 5.10 Å². The number of nitrogens with zero attached hydrogens (tertiary/aromatic N) is 2. The van der Waals surface area contributed by atoms with E-state index in [-0.39, 0.29) is 6.79 Å². The maximum Gasteiger partial charge on any atom is 0.231 e. The molecule has 3 aromatic rings. The zero-order chi connectivity index (χ0) is 19.8. The Labute approximate surface area is 167 Å². The lowest BCUT2D eigenvalue weighted by atomic mass is 9.68. The van der Waals surface area contributed by atoms with Crippen molar-refractivity contribution >= 4 is 24.4 Å². The third-order valence-electron chi connectivity index (χ3n) is 5.54. The highest BCUT2D eigenvalue weighted by molar-refractivity contribution is 5.73. The lowest BCUT2D eigenvalue weighted by Gasteiger charge is -2.35. The number of allylic oxidation sites excluding steroid dienone is 2. The number of nitrogens with two attached hydrogens (primary N) is 1. The van der Waals surface area contributed by atoms with E-state index in [1.807, 2.05) is 36.4 Å². The van der Waals surface area contributed by atoms with Crippen molar-refractivity contribution in [3.05, 3.63) is 83.1 Å². The van der Waals surface area contributed by atoms with Crippen LogP contribution in [-0.4, -0.2) is 22.9 Å². The molecular weight excluding hydrogens is 366 g/mol. The molecule has 29 heavy (non-hydrogen) atoms. The van der Waals surface area contributed by atoms with E-state index in [1.165, 1.54) is 6.08 Å². The number of carbonyl (C=O) groups is 1. The van der Waals surface area contributed by atoms with Crippen molar-refractivity contribution in [2.24, 2.45) is 0 Å². The lowest BCUT2D eigenvalue weighted by molar-refractivity contribution is -0.104. The van der Waals surface area contributed by atoms with Crippen molar-refractivity contribution in [1.29, 1.82) is 0 Å². The highest BCUT2D eigenvalue weighted by Crippen LogP contribution is 2.45. The number of hydrogen-bond donors (Lipinski definition) is 1. The Morgan fingerprint density at radius 2 is 1.90 bits per heavy atom. The summed E-state index contributed by atoms with van der Waals surface area (Å²) in [6, 6.07) is 16.4. The predicted molar refractivity (Wildman–Crippen MR) is 111 cm³/mol. The molecule has 0 fully saturated rings. The second-order valence-corrected chi connectivity index (χ2v) is 7.08. The van der Waals surface area contributed by atoms with Crippen LogP contribution in [-0.2, 0) is 16.6 Å². The summed E-state index contributed by atoms with van der Waals surface area (Å²) in [5, 5.41) is 4.39. The molecule has 0 bridgehead atoms. The van der Waals surface area contributed by atoms with Gasteiger partial charge in [0.05, 0.1) is 5.69 Å². The van der Waals surface area contributed by atoms with Gasteiger partial charge in [-0.3, -0.25) is 4.79 Å². The Bertz CT molecular complexity index is 1150. The number of carbonyl (C=O) groups excluding carboxylic acids is 1. The monoisotopic (exact) mass is 385 g/mol. The van der Waals surface area contributed by atoms with Gasteiger partial charge >= 0.3 is 0 Å². The molecule has 0 saturated heterocycles. The van der Waals surface area contributed by atoms with Crippen molar-refractivity contribution < 1.29 is 14.3 Å². The Morgan fingerprint density at radius 3 is 2.72 bits per heavy atom. The van der Waals surface area contributed by atoms with Gasteiger partial charge in [-0.1, -0.05) is 48.6 Å². The second kappa shape index (κ2) is 6.67. The van der Waals surface area contributed by atoms with Gasteiger partial charge in [-0.25, -0.2) is 4.68 Å². The van der Waals surface area contributed by atoms with E-state index < -0.39 is 5.41 Å². The Hall–Kier alpha value is -3.80. The fraction of sp³-hybridized carbons (Fsp3) is 0.130. The van der Waals surface area contributed by atoms with Crippen LogP contribution in [0.15, 0.2) is 60.7 Å². The molecule has 1 aromatic heterocycles. The third-order valence-corrected chi connectivity index (χ3v) is 5.54. The average molecular weight is 385 g/mol. The molecule has 0 spiro atoms. The maximum atomic E-state index is 10.8. The number of nitrogen functional groups attached to an aromatic ring is 1. The third kappa shape index (κ3) is 2.72. The molecule has 1 atom stereocenters. The van der Waals surface area contributed by atoms with Crippen LogP contribution in [0.1, 0.15) is 22.4 Å². The van der Waals surface area contributed by atoms with Gasteiger partial charge in [0.15, 0.2) is 17.3 Å². The van der Waals surface area contributed by atoms with Gasteiger partial charge in [0.1, 0.15) is 6.29 Å². The van der Waals surface area contributed by atoms with Crippen LogP contribution in [0.4, 0.5) is 5.82 Å². The zero-order valence-corrected chi connectivity index (χ0v) is 15.6. The number of aldehydes is 1. The first-order valence-electron chi connectivity index (χ1n) is 9.35. The summed E-state index contributed by atoms with van der Waals surface area (Å²) in [7, 11) is 0. The molecule has 2 aliphatic rings. The van der Waals surface area contributed by atoms with Crippen molar-refractivity contribution in [2.75, 3.05) is 12.5 Å². The minimum absolute atomic E-state index is 0.233. The maximum absolute atomic E-state index is 10.8. The topological polar surface area (TPSA) is 79.4 Å². The molecule has 0 amide bonds. The first-order valence-corrected chi connectivity index (χ1v) is 9.35. The van der Waals surface area contributed by atoms with Crippen LogP contribution in [0.5, 0.6) is 11.5 Å². The van der Waals surface area contributed by atoms with Gasteiger partial charge in [0.25, 0.3) is 0 Å². The molecule has 2 aromatic carbocycles. The number of rotatable bonds is 4. The van der Waals surface area contributed by atoms with Crippen molar-refractivity contribution in [3.63, 3.8) is 0 Å². The molecule has 1 aliphatic heterocycles. The highest BCUT2D eigenvalue weighted by atomic mass is 16.7. The van der Waals surface area contributed by atoms with Gasteiger partial charge < -0.3 is 15.2 Å². The van der Waals surface area contributed by atoms with Crippen LogP contribution in [0.25, 0.3) is 12.3 Å². The van der Waals surface area contributed by atoms with Gasteiger partial charge in [-0.05, 0) is 29.3 Å². The normalized spacial score (nSPS) is 19.4. The first-order chi connectivity index (χ1) is 14.2. The van der Waals surface area contributed by atoms with Crippen LogP contribution < -0.4 is 15.2 Å². The molecule has 6 nitrogen and oxygen atoms in total. The highest BCUT2D eigenvalue weighted by Gasteiger charge is 2.38. The summed E-state index contributed by atoms with van der Waals surface area (Å²) in [6.45, 7) is 0.233. The summed E-state index contributed by atoms with van der Waals surface area (Å²) in [6.07, 6.45) is 8.60. The van der Waals surface area contributed by atoms with Crippen molar-refractivity contribution in [1.82, 2.24) is 9.78 Å². The number of benzene rings is 2. The molecule has 1 aliphatic carbocycles. The largest absolute Gasteiger partial charge is 0.454 e. The zero-order valence-electron chi connectivity index (χ0n) is 15.6. The molecule has 144 valence electrons. The quantitative estimate of drug-likeness (QED) is 0.550. The van der Waals surface area contributed by atoms with Gasteiger partial charge in [0.2, 0.25) is 6.79 Å². The number of fused-ring (bicyclic) bond motifs is 2. The molecule has 2 heterocycles. The van der Waals surface area contributed by atoms with E-state index in [0.29, 0.717) is 12.2 Å². The molecule has 5 rings (SSSR count). The number of aromatic nitrogens is 2. The Kier molecular flexibility index (Phi) is 3.98. The van der Waals surface area contributed by atoms with E-state index in [1.54, 1.807) is 10.9 Å². The van der Waals surface area contributed by atoms with E-state index >= 15 is 0 Å². The summed E-state index contributed by atoms with van der Waals surface area (Å²) < 4.78 is 12.8.